The average Bonchev–Trinajstić information content (AvgIpc) is 3.03. The molecule has 1 N–H and O–H groups in total. The van der Waals surface area contributed by atoms with Crippen LogP contribution in [-0.2, 0) is 24.3 Å². The number of benzene rings is 1. The van der Waals surface area contributed by atoms with Crippen LogP contribution in [-0.4, -0.2) is 23.3 Å². The van der Waals surface area contributed by atoms with E-state index in [1.807, 2.05) is 49.1 Å². The molecule has 2 amide bonds. The molecule has 3 rings (SSSR count). The first-order valence-electron chi connectivity index (χ1n) is 8.30. The summed E-state index contributed by atoms with van der Waals surface area (Å²) in [7, 11) is 0. The van der Waals surface area contributed by atoms with Gasteiger partial charge in [0.1, 0.15) is 0 Å². The normalized spacial score (nSPS) is 13.5. The van der Waals surface area contributed by atoms with Gasteiger partial charge in [-0.05, 0) is 30.5 Å². The Hall–Kier alpha value is -2.14. The fraction of sp³-hybridized carbons (Fsp3) is 0.368. The molecule has 4 nitrogen and oxygen atoms in total. The molecule has 0 radical (unpaired) electrons. The summed E-state index contributed by atoms with van der Waals surface area (Å²) in [4.78, 5) is 28.1. The van der Waals surface area contributed by atoms with Gasteiger partial charge < -0.3 is 10.2 Å². The van der Waals surface area contributed by atoms with Gasteiger partial charge in [-0.1, -0.05) is 36.8 Å². The molecule has 0 spiro atoms. The summed E-state index contributed by atoms with van der Waals surface area (Å²) < 4.78 is 0. The lowest BCUT2D eigenvalue weighted by molar-refractivity contribution is -0.131. The number of amides is 2. The van der Waals surface area contributed by atoms with Crippen LogP contribution in [0.3, 0.4) is 0 Å². The van der Waals surface area contributed by atoms with Crippen molar-refractivity contribution in [3.8, 4) is 0 Å². The highest BCUT2D eigenvalue weighted by atomic mass is 32.1. The Balaban J connectivity index is 1.63. The minimum Gasteiger partial charge on any atom is -0.347 e. The molecule has 24 heavy (non-hydrogen) atoms. The zero-order valence-corrected chi connectivity index (χ0v) is 14.9. The fourth-order valence-corrected chi connectivity index (χ4v) is 3.94. The second-order valence-corrected chi connectivity index (χ2v) is 7.28. The summed E-state index contributed by atoms with van der Waals surface area (Å²) in [6, 6.07) is 10.1. The van der Waals surface area contributed by atoms with Crippen molar-refractivity contribution < 1.29 is 9.59 Å². The molecule has 126 valence electrons. The van der Waals surface area contributed by atoms with Gasteiger partial charge in [-0.15, -0.1) is 11.3 Å². The number of hydrogen-bond donors (Lipinski definition) is 1. The van der Waals surface area contributed by atoms with Crippen molar-refractivity contribution in [1.29, 1.82) is 0 Å². The Kier molecular flexibility index (Phi) is 5.00. The molecule has 2 aromatic rings. The van der Waals surface area contributed by atoms with Crippen LogP contribution in [0.2, 0.25) is 0 Å². The van der Waals surface area contributed by atoms with Crippen molar-refractivity contribution in [2.45, 2.75) is 39.8 Å². The van der Waals surface area contributed by atoms with E-state index in [1.165, 1.54) is 10.4 Å². The maximum Gasteiger partial charge on any atom is 0.261 e. The van der Waals surface area contributed by atoms with E-state index in [4.69, 9.17) is 0 Å². The van der Waals surface area contributed by atoms with Gasteiger partial charge in [0.05, 0.1) is 4.88 Å². The minimum atomic E-state index is -0.0386. The van der Waals surface area contributed by atoms with Crippen molar-refractivity contribution in [3.05, 3.63) is 56.8 Å². The van der Waals surface area contributed by atoms with E-state index in [0.717, 1.165) is 29.0 Å². The Bertz CT molecular complexity index is 749. The summed E-state index contributed by atoms with van der Waals surface area (Å²) in [6.07, 6.45) is 1.38. The monoisotopic (exact) mass is 342 g/mol. The molecule has 1 aromatic heterocycles. The summed E-state index contributed by atoms with van der Waals surface area (Å²) in [6.45, 7) is 5.84. The van der Waals surface area contributed by atoms with E-state index in [9.17, 15) is 9.59 Å². The predicted molar refractivity (Wildman–Crippen MR) is 96.1 cm³/mol. The largest absolute Gasteiger partial charge is 0.347 e. The molecule has 0 atom stereocenters. The van der Waals surface area contributed by atoms with Crippen molar-refractivity contribution in [3.63, 3.8) is 0 Å². The highest BCUT2D eigenvalue weighted by Gasteiger charge is 2.23. The SMILES string of the molecule is CCC(=O)N1CCc2sc(C(=O)NCc3ccc(C)cc3)cc2C1. The highest BCUT2D eigenvalue weighted by molar-refractivity contribution is 7.14. The van der Waals surface area contributed by atoms with Gasteiger partial charge in [0.2, 0.25) is 5.91 Å². The fourth-order valence-electron chi connectivity index (χ4n) is 2.86. The molecule has 0 bridgehead atoms. The van der Waals surface area contributed by atoms with Crippen molar-refractivity contribution >= 4 is 23.2 Å². The first-order valence-corrected chi connectivity index (χ1v) is 9.11. The van der Waals surface area contributed by atoms with Crippen LogP contribution in [0.4, 0.5) is 0 Å². The maximum atomic E-state index is 12.4. The van der Waals surface area contributed by atoms with Gasteiger partial charge in [0.25, 0.3) is 5.91 Å². The Labute approximate surface area is 146 Å². The topological polar surface area (TPSA) is 49.4 Å². The Morgan fingerprint density at radius 2 is 2.00 bits per heavy atom. The molecule has 1 aliphatic rings. The van der Waals surface area contributed by atoms with E-state index in [1.54, 1.807) is 11.3 Å². The van der Waals surface area contributed by atoms with Gasteiger partial charge in [-0.2, -0.15) is 0 Å². The number of aryl methyl sites for hydroxylation is 1. The number of nitrogens with one attached hydrogen (secondary N) is 1. The van der Waals surface area contributed by atoms with Crippen molar-refractivity contribution in [2.24, 2.45) is 0 Å². The molecule has 1 aliphatic heterocycles. The van der Waals surface area contributed by atoms with Crippen LogP contribution in [0.1, 0.15) is 44.6 Å². The van der Waals surface area contributed by atoms with Crippen molar-refractivity contribution in [1.82, 2.24) is 10.2 Å². The third kappa shape index (κ3) is 3.67. The lowest BCUT2D eigenvalue weighted by Gasteiger charge is -2.26. The number of rotatable bonds is 4. The van der Waals surface area contributed by atoms with E-state index in [0.29, 0.717) is 19.5 Å². The molecular weight excluding hydrogens is 320 g/mol. The Morgan fingerprint density at radius 1 is 1.25 bits per heavy atom. The number of carbonyl (C=O) groups is 2. The lowest BCUT2D eigenvalue weighted by atomic mass is 10.1. The first-order chi connectivity index (χ1) is 11.6. The molecular formula is C19H22N2O2S. The van der Waals surface area contributed by atoms with Crippen LogP contribution >= 0.6 is 11.3 Å². The van der Waals surface area contributed by atoms with Crippen molar-refractivity contribution in [2.75, 3.05) is 6.54 Å². The molecule has 0 saturated heterocycles. The number of fused-ring (bicyclic) bond motifs is 1. The lowest BCUT2D eigenvalue weighted by Crippen LogP contribution is -2.34. The number of thiophene rings is 1. The number of nitrogens with zero attached hydrogens (tertiary/aromatic N) is 1. The van der Waals surface area contributed by atoms with E-state index in [-0.39, 0.29) is 11.8 Å². The van der Waals surface area contributed by atoms with Crippen LogP contribution in [0.15, 0.2) is 30.3 Å². The van der Waals surface area contributed by atoms with E-state index in [2.05, 4.69) is 5.32 Å². The number of carbonyl (C=O) groups excluding carboxylic acids is 2. The molecule has 2 heterocycles. The molecule has 0 fully saturated rings. The number of hydrogen-bond acceptors (Lipinski definition) is 3. The van der Waals surface area contributed by atoms with Crippen LogP contribution < -0.4 is 5.32 Å². The zero-order chi connectivity index (χ0) is 17.1. The molecule has 0 aliphatic carbocycles. The average molecular weight is 342 g/mol. The standard InChI is InChI=1S/C19H22N2O2S/c1-3-18(22)21-9-8-16-15(12-21)10-17(24-16)19(23)20-11-14-6-4-13(2)5-7-14/h4-7,10H,3,8-9,11-12H2,1-2H3,(H,20,23). The second-order valence-electron chi connectivity index (χ2n) is 6.15. The van der Waals surface area contributed by atoms with Crippen LogP contribution in [0.5, 0.6) is 0 Å². The van der Waals surface area contributed by atoms with Gasteiger partial charge in [0, 0.05) is 30.9 Å². The third-order valence-electron chi connectivity index (χ3n) is 4.32. The summed E-state index contributed by atoms with van der Waals surface area (Å²) in [5, 5.41) is 2.98. The Morgan fingerprint density at radius 3 is 2.71 bits per heavy atom. The van der Waals surface area contributed by atoms with Crippen LogP contribution in [0, 0.1) is 6.92 Å². The zero-order valence-electron chi connectivity index (χ0n) is 14.1. The smallest absolute Gasteiger partial charge is 0.261 e. The summed E-state index contributed by atoms with van der Waals surface area (Å²) in [5.74, 6) is 0.139. The van der Waals surface area contributed by atoms with E-state index >= 15 is 0 Å². The van der Waals surface area contributed by atoms with Gasteiger partial charge in [-0.25, -0.2) is 0 Å². The second kappa shape index (κ2) is 7.18. The molecule has 0 saturated carbocycles. The van der Waals surface area contributed by atoms with Gasteiger partial charge >= 0.3 is 0 Å². The summed E-state index contributed by atoms with van der Waals surface area (Å²) >= 11 is 1.55. The molecule has 5 heteroatoms. The minimum absolute atomic E-state index is 0.0386. The van der Waals surface area contributed by atoms with Crippen LogP contribution in [0.25, 0.3) is 0 Å². The summed E-state index contributed by atoms with van der Waals surface area (Å²) in [5.41, 5.74) is 3.42. The highest BCUT2D eigenvalue weighted by Crippen LogP contribution is 2.28. The maximum absolute atomic E-state index is 12.4. The molecule has 1 aromatic carbocycles. The third-order valence-corrected chi connectivity index (χ3v) is 5.56. The van der Waals surface area contributed by atoms with E-state index < -0.39 is 0 Å². The van der Waals surface area contributed by atoms with Gasteiger partial charge in [0.15, 0.2) is 0 Å². The quantitative estimate of drug-likeness (QED) is 0.927. The first kappa shape index (κ1) is 16.7. The van der Waals surface area contributed by atoms with Gasteiger partial charge in [-0.3, -0.25) is 9.59 Å². The molecule has 0 unspecified atom stereocenters. The predicted octanol–water partition coefficient (Wildman–Crippen LogP) is 3.28.